The maximum absolute atomic E-state index is 12.0. The minimum Gasteiger partial charge on any atom is -0.491 e. The van der Waals surface area contributed by atoms with Crippen LogP contribution in [0.25, 0.3) is 0 Å². The van der Waals surface area contributed by atoms with Crippen molar-refractivity contribution in [3.63, 3.8) is 0 Å². The average Bonchev–Trinajstić information content (AvgIpc) is 2.88. The Bertz CT molecular complexity index is 1140. The molecule has 0 amide bonds. The molecule has 35 heavy (non-hydrogen) atoms. The van der Waals surface area contributed by atoms with Gasteiger partial charge in [-0.2, -0.15) is 0 Å². The Labute approximate surface area is 207 Å². The Balaban J connectivity index is 1.33. The highest BCUT2D eigenvalue weighted by molar-refractivity contribution is 7.90. The van der Waals surface area contributed by atoms with Crippen LogP contribution in [0, 0.1) is 5.92 Å². The van der Waals surface area contributed by atoms with Crippen molar-refractivity contribution in [1.29, 1.82) is 0 Å². The summed E-state index contributed by atoms with van der Waals surface area (Å²) in [5.74, 6) is 0.580. The number of hydrogen-bond acceptors (Lipinski definition) is 6. The Morgan fingerprint density at radius 3 is 1.91 bits per heavy atom. The van der Waals surface area contributed by atoms with Gasteiger partial charge in [-0.05, 0) is 67.2 Å². The summed E-state index contributed by atoms with van der Waals surface area (Å²) in [6, 6.07) is 25.9. The first kappa shape index (κ1) is 25.4. The summed E-state index contributed by atoms with van der Waals surface area (Å²) in [6.45, 7) is 2.14. The molecule has 4 rings (SSSR count). The van der Waals surface area contributed by atoms with Crippen LogP contribution in [-0.2, 0) is 15.4 Å². The van der Waals surface area contributed by atoms with Crippen LogP contribution in [-0.4, -0.2) is 62.1 Å². The summed E-state index contributed by atoms with van der Waals surface area (Å²) in [6.07, 6.45) is 2.10. The van der Waals surface area contributed by atoms with E-state index in [1.807, 2.05) is 60.7 Å². The second kappa shape index (κ2) is 10.9. The minimum atomic E-state index is -3.25. The lowest BCUT2D eigenvalue weighted by Gasteiger charge is -2.42. The van der Waals surface area contributed by atoms with Crippen molar-refractivity contribution in [2.75, 3.05) is 32.5 Å². The molecule has 0 bridgehead atoms. The van der Waals surface area contributed by atoms with Gasteiger partial charge in [0.15, 0.2) is 9.84 Å². The van der Waals surface area contributed by atoms with Crippen molar-refractivity contribution < 1.29 is 23.4 Å². The topological polar surface area (TPSA) is 87.1 Å². The highest BCUT2D eigenvalue weighted by Gasteiger charge is 2.41. The standard InChI is InChI=1S/C28H33NO5S/c1-35(32,33)27-14-12-26(13-15-27)34-21-25(30)20-29-18-16-24(17-19-29)28(31,22-8-4-2-5-9-22)23-10-6-3-7-11-23/h2-15,24-25,30-31H,16-21H2,1H3/t25-/m1/s1. The maximum Gasteiger partial charge on any atom is 0.175 e. The average molecular weight is 496 g/mol. The van der Waals surface area contributed by atoms with E-state index in [9.17, 15) is 18.6 Å². The number of aliphatic hydroxyl groups is 2. The van der Waals surface area contributed by atoms with Gasteiger partial charge >= 0.3 is 0 Å². The second-order valence-electron chi connectivity index (χ2n) is 9.28. The van der Waals surface area contributed by atoms with Gasteiger partial charge in [-0.25, -0.2) is 8.42 Å². The Morgan fingerprint density at radius 1 is 0.914 bits per heavy atom. The maximum atomic E-state index is 12.0. The number of sulfone groups is 1. The van der Waals surface area contributed by atoms with Crippen molar-refractivity contribution in [2.24, 2.45) is 5.92 Å². The van der Waals surface area contributed by atoms with Gasteiger partial charge < -0.3 is 19.8 Å². The lowest BCUT2D eigenvalue weighted by atomic mass is 9.72. The quantitative estimate of drug-likeness (QED) is 0.473. The number of ether oxygens (including phenoxy) is 1. The molecule has 0 aliphatic carbocycles. The molecule has 1 aliphatic rings. The molecule has 2 N–H and O–H groups in total. The van der Waals surface area contributed by atoms with E-state index in [1.54, 1.807) is 12.1 Å². The fourth-order valence-electron chi connectivity index (χ4n) is 4.88. The van der Waals surface area contributed by atoms with Crippen LogP contribution in [0.5, 0.6) is 5.75 Å². The normalized spacial score (nSPS) is 16.7. The zero-order valence-electron chi connectivity index (χ0n) is 20.0. The molecular formula is C28H33NO5S. The molecule has 0 spiro atoms. The first-order valence-corrected chi connectivity index (χ1v) is 13.8. The van der Waals surface area contributed by atoms with E-state index in [4.69, 9.17) is 4.74 Å². The number of likely N-dealkylation sites (tertiary alicyclic amines) is 1. The van der Waals surface area contributed by atoms with Crippen LogP contribution in [0.15, 0.2) is 89.8 Å². The van der Waals surface area contributed by atoms with Gasteiger partial charge in [0.1, 0.15) is 24.1 Å². The number of hydrogen-bond donors (Lipinski definition) is 2. The molecule has 6 nitrogen and oxygen atoms in total. The van der Waals surface area contributed by atoms with Gasteiger partial charge in [0.25, 0.3) is 0 Å². The fourth-order valence-corrected chi connectivity index (χ4v) is 5.51. The van der Waals surface area contributed by atoms with Crippen LogP contribution in [0.4, 0.5) is 0 Å². The van der Waals surface area contributed by atoms with Gasteiger partial charge in [-0.1, -0.05) is 60.7 Å². The summed E-state index contributed by atoms with van der Waals surface area (Å²) < 4.78 is 28.8. The zero-order valence-corrected chi connectivity index (χ0v) is 20.8. The van der Waals surface area contributed by atoms with E-state index < -0.39 is 21.5 Å². The summed E-state index contributed by atoms with van der Waals surface area (Å²) in [5, 5.41) is 22.5. The molecule has 0 saturated carbocycles. The third-order valence-corrected chi connectivity index (χ3v) is 7.90. The third kappa shape index (κ3) is 6.11. The molecular weight excluding hydrogens is 462 g/mol. The number of piperidine rings is 1. The fraction of sp³-hybridized carbons (Fsp3) is 0.357. The van der Waals surface area contributed by atoms with Gasteiger partial charge in [0.05, 0.1) is 4.90 Å². The van der Waals surface area contributed by atoms with Crippen LogP contribution >= 0.6 is 0 Å². The molecule has 0 aromatic heterocycles. The van der Waals surface area contributed by atoms with E-state index in [-0.39, 0.29) is 17.4 Å². The number of benzene rings is 3. The highest BCUT2D eigenvalue weighted by Crippen LogP contribution is 2.41. The Morgan fingerprint density at radius 2 is 1.43 bits per heavy atom. The molecule has 1 heterocycles. The SMILES string of the molecule is CS(=O)(=O)c1ccc(OC[C@H](O)CN2CCC(C(O)(c3ccccc3)c3ccccc3)CC2)cc1. The van der Waals surface area contributed by atoms with E-state index >= 15 is 0 Å². The summed E-state index contributed by atoms with van der Waals surface area (Å²) in [4.78, 5) is 2.44. The lowest BCUT2D eigenvalue weighted by molar-refractivity contribution is -0.0222. The molecule has 3 aromatic carbocycles. The molecule has 186 valence electrons. The van der Waals surface area contributed by atoms with E-state index in [0.717, 1.165) is 43.3 Å². The van der Waals surface area contributed by atoms with Crippen molar-refractivity contribution in [2.45, 2.75) is 29.4 Å². The molecule has 3 aromatic rings. The molecule has 1 fully saturated rings. The molecule has 1 aliphatic heterocycles. The van der Waals surface area contributed by atoms with Crippen LogP contribution in [0.3, 0.4) is 0 Å². The first-order valence-electron chi connectivity index (χ1n) is 11.9. The molecule has 1 saturated heterocycles. The van der Waals surface area contributed by atoms with Crippen molar-refractivity contribution >= 4 is 9.84 Å². The summed E-state index contributed by atoms with van der Waals surface area (Å²) in [7, 11) is -3.25. The van der Waals surface area contributed by atoms with Gasteiger partial charge in [0, 0.05) is 12.8 Å². The highest BCUT2D eigenvalue weighted by atomic mass is 32.2. The van der Waals surface area contributed by atoms with Crippen LogP contribution in [0.1, 0.15) is 24.0 Å². The van der Waals surface area contributed by atoms with Crippen molar-refractivity contribution in [3.05, 3.63) is 96.1 Å². The van der Waals surface area contributed by atoms with Crippen LogP contribution in [0.2, 0.25) is 0 Å². The molecule has 0 radical (unpaired) electrons. The number of nitrogens with zero attached hydrogens (tertiary/aromatic N) is 1. The molecule has 1 atom stereocenters. The minimum absolute atomic E-state index is 0.0605. The molecule has 7 heteroatoms. The largest absolute Gasteiger partial charge is 0.491 e. The van der Waals surface area contributed by atoms with Crippen molar-refractivity contribution in [1.82, 2.24) is 4.90 Å². The number of β-amino-alcohol motifs (C(OH)–C–C–N with tert-alkyl or cyclic N) is 1. The van der Waals surface area contributed by atoms with E-state index in [1.165, 1.54) is 12.1 Å². The number of rotatable bonds is 9. The molecule has 0 unspecified atom stereocenters. The third-order valence-electron chi connectivity index (χ3n) is 6.77. The smallest absolute Gasteiger partial charge is 0.175 e. The van der Waals surface area contributed by atoms with E-state index in [0.29, 0.717) is 12.3 Å². The summed E-state index contributed by atoms with van der Waals surface area (Å²) >= 11 is 0. The Kier molecular flexibility index (Phi) is 7.91. The summed E-state index contributed by atoms with van der Waals surface area (Å²) in [5.41, 5.74) is 0.744. The van der Waals surface area contributed by atoms with Crippen molar-refractivity contribution in [3.8, 4) is 5.75 Å². The number of aliphatic hydroxyl groups excluding tert-OH is 1. The predicted octanol–water partition coefficient (Wildman–Crippen LogP) is 3.48. The Hall–Kier alpha value is -2.71. The van der Waals surface area contributed by atoms with Gasteiger partial charge in [0.2, 0.25) is 0 Å². The lowest BCUT2D eigenvalue weighted by Crippen LogP contribution is -2.46. The second-order valence-corrected chi connectivity index (χ2v) is 11.3. The zero-order chi connectivity index (χ0) is 24.9. The van der Waals surface area contributed by atoms with Gasteiger partial charge in [-0.15, -0.1) is 0 Å². The van der Waals surface area contributed by atoms with E-state index in [2.05, 4.69) is 4.90 Å². The predicted molar refractivity (Wildman–Crippen MR) is 136 cm³/mol. The first-order chi connectivity index (χ1) is 16.8. The van der Waals surface area contributed by atoms with Crippen LogP contribution < -0.4 is 4.74 Å². The van der Waals surface area contributed by atoms with Gasteiger partial charge in [-0.3, -0.25) is 0 Å². The monoisotopic (exact) mass is 495 g/mol.